The quantitative estimate of drug-likeness (QED) is 0.552. The molecule has 4 heteroatoms. The van der Waals surface area contributed by atoms with Gasteiger partial charge < -0.3 is 9.47 Å². The maximum Gasteiger partial charge on any atom is 0.257 e. The zero-order valence-electron chi connectivity index (χ0n) is 7.95. The van der Waals surface area contributed by atoms with Crippen molar-refractivity contribution in [3.63, 3.8) is 0 Å². The number of hydrogen-bond acceptors (Lipinski definition) is 3. The van der Waals surface area contributed by atoms with Crippen molar-refractivity contribution in [2.45, 2.75) is 13.0 Å². The summed E-state index contributed by atoms with van der Waals surface area (Å²) < 4.78 is 1.54. The molecule has 0 aliphatic carbocycles. The van der Waals surface area contributed by atoms with Crippen LogP contribution in [-0.2, 0) is 20.0 Å². The van der Waals surface area contributed by atoms with Crippen molar-refractivity contribution in [2.24, 2.45) is 7.05 Å². The predicted molar refractivity (Wildman–Crippen MR) is 49.5 cm³/mol. The summed E-state index contributed by atoms with van der Waals surface area (Å²) in [6, 6.07) is 0. The lowest BCUT2D eigenvalue weighted by Crippen LogP contribution is -2.34. The summed E-state index contributed by atoms with van der Waals surface area (Å²) in [5, 5.41) is 0. The van der Waals surface area contributed by atoms with E-state index in [2.05, 4.69) is 9.88 Å². The molecule has 0 saturated heterocycles. The van der Waals surface area contributed by atoms with E-state index in [4.69, 9.17) is 0 Å². The predicted octanol–water partition coefficient (Wildman–Crippen LogP) is -0.232. The second kappa shape index (κ2) is 2.96. The van der Waals surface area contributed by atoms with Crippen molar-refractivity contribution in [2.75, 3.05) is 13.6 Å². The van der Waals surface area contributed by atoms with Crippen molar-refractivity contribution >= 4 is 0 Å². The van der Waals surface area contributed by atoms with Crippen LogP contribution in [-0.4, -0.2) is 28.0 Å². The van der Waals surface area contributed by atoms with Gasteiger partial charge in [0.2, 0.25) is 0 Å². The van der Waals surface area contributed by atoms with Crippen molar-refractivity contribution in [3.05, 3.63) is 27.9 Å². The molecule has 0 N–H and O–H groups in total. The van der Waals surface area contributed by atoms with Gasteiger partial charge in [-0.3, -0.25) is 4.79 Å². The Hall–Kier alpha value is -1.16. The first-order chi connectivity index (χ1) is 6.18. The largest absolute Gasteiger partial charge is 0.302 e. The first-order valence-corrected chi connectivity index (χ1v) is 4.40. The van der Waals surface area contributed by atoms with E-state index in [0.29, 0.717) is 0 Å². The van der Waals surface area contributed by atoms with Gasteiger partial charge in [0.25, 0.3) is 5.56 Å². The summed E-state index contributed by atoms with van der Waals surface area (Å²) in [5.74, 6) is 0. The van der Waals surface area contributed by atoms with E-state index < -0.39 is 0 Å². The van der Waals surface area contributed by atoms with Crippen molar-refractivity contribution in [3.8, 4) is 0 Å². The van der Waals surface area contributed by atoms with Gasteiger partial charge in [-0.1, -0.05) is 0 Å². The molecule has 1 aliphatic rings. The number of rotatable bonds is 0. The average Bonchev–Trinajstić information content (AvgIpc) is 2.12. The second-order valence-electron chi connectivity index (χ2n) is 3.57. The van der Waals surface area contributed by atoms with Crippen LogP contribution in [0.3, 0.4) is 0 Å². The summed E-state index contributed by atoms with van der Waals surface area (Å²) in [5.41, 5.74) is 1.93. The third-order valence-corrected chi connectivity index (χ3v) is 2.47. The molecule has 0 bridgehead atoms. The molecular formula is C9H13N3O. The van der Waals surface area contributed by atoms with Gasteiger partial charge in [0.15, 0.2) is 0 Å². The normalized spacial score (nSPS) is 17.1. The maximum atomic E-state index is 11.7. The average molecular weight is 179 g/mol. The van der Waals surface area contributed by atoms with Crippen LogP contribution in [0.25, 0.3) is 0 Å². The highest BCUT2D eigenvalue weighted by Crippen LogP contribution is 2.10. The first kappa shape index (κ1) is 8.44. The van der Waals surface area contributed by atoms with Crippen molar-refractivity contribution in [1.29, 1.82) is 0 Å². The summed E-state index contributed by atoms with van der Waals surface area (Å²) >= 11 is 0. The minimum absolute atomic E-state index is 0.0940. The fraction of sp³-hybridized carbons (Fsp3) is 0.556. The van der Waals surface area contributed by atoms with Crippen LogP contribution in [0.5, 0.6) is 0 Å². The van der Waals surface area contributed by atoms with Crippen LogP contribution in [0.15, 0.2) is 11.1 Å². The van der Waals surface area contributed by atoms with E-state index in [1.165, 1.54) is 4.57 Å². The van der Waals surface area contributed by atoms with Gasteiger partial charge in [0, 0.05) is 26.6 Å². The van der Waals surface area contributed by atoms with Gasteiger partial charge >= 0.3 is 0 Å². The Balaban J connectivity index is 2.55. The molecule has 13 heavy (non-hydrogen) atoms. The lowest BCUT2D eigenvalue weighted by atomic mass is 10.1. The Kier molecular flexibility index (Phi) is 1.92. The number of likely N-dealkylation sites (N-methyl/N-ethyl adjacent to an activating group) is 1. The molecular weight excluding hydrogens is 166 g/mol. The highest BCUT2D eigenvalue weighted by Gasteiger charge is 2.17. The molecule has 0 radical (unpaired) electrons. The summed E-state index contributed by atoms with van der Waals surface area (Å²) in [4.78, 5) is 18.0. The van der Waals surface area contributed by atoms with E-state index in [0.717, 1.165) is 30.8 Å². The van der Waals surface area contributed by atoms with E-state index >= 15 is 0 Å². The van der Waals surface area contributed by atoms with Crippen LogP contribution in [0.2, 0.25) is 0 Å². The van der Waals surface area contributed by atoms with E-state index in [1.807, 2.05) is 7.05 Å². The Morgan fingerprint density at radius 1 is 1.46 bits per heavy atom. The van der Waals surface area contributed by atoms with E-state index in [9.17, 15) is 4.79 Å². The van der Waals surface area contributed by atoms with E-state index in [-0.39, 0.29) is 5.56 Å². The molecule has 2 rings (SSSR count). The van der Waals surface area contributed by atoms with Crippen LogP contribution >= 0.6 is 0 Å². The Morgan fingerprint density at radius 2 is 2.23 bits per heavy atom. The molecule has 1 aromatic heterocycles. The molecule has 0 fully saturated rings. The third kappa shape index (κ3) is 1.37. The number of aromatic nitrogens is 2. The molecule has 2 heterocycles. The molecule has 70 valence electrons. The highest BCUT2D eigenvalue weighted by atomic mass is 16.1. The molecule has 0 spiro atoms. The molecule has 1 aromatic rings. The van der Waals surface area contributed by atoms with Crippen molar-refractivity contribution in [1.82, 2.24) is 14.5 Å². The number of nitrogens with zero attached hydrogens (tertiary/aromatic N) is 3. The number of fused-ring (bicyclic) bond motifs is 1. The monoisotopic (exact) mass is 179 g/mol. The molecule has 0 saturated carbocycles. The fourth-order valence-electron chi connectivity index (χ4n) is 1.64. The molecule has 0 unspecified atom stereocenters. The van der Waals surface area contributed by atoms with Gasteiger partial charge in [-0.2, -0.15) is 0 Å². The van der Waals surface area contributed by atoms with E-state index in [1.54, 1.807) is 13.4 Å². The maximum absolute atomic E-state index is 11.7. The molecule has 0 amide bonds. The van der Waals surface area contributed by atoms with Gasteiger partial charge in [0.05, 0.1) is 17.6 Å². The number of aryl methyl sites for hydroxylation is 1. The molecule has 1 aliphatic heterocycles. The molecule has 0 atom stereocenters. The van der Waals surface area contributed by atoms with Gasteiger partial charge in [0.1, 0.15) is 0 Å². The van der Waals surface area contributed by atoms with Gasteiger partial charge in [-0.15, -0.1) is 0 Å². The SMILES string of the molecule is CN1CCc2ncn(C)c(=O)c2C1. The summed E-state index contributed by atoms with van der Waals surface area (Å²) in [7, 11) is 3.76. The Labute approximate surface area is 76.8 Å². The van der Waals surface area contributed by atoms with Crippen LogP contribution in [0.4, 0.5) is 0 Å². The van der Waals surface area contributed by atoms with Crippen LogP contribution in [0, 0.1) is 0 Å². The lowest BCUT2D eigenvalue weighted by molar-refractivity contribution is 0.306. The highest BCUT2D eigenvalue weighted by molar-refractivity contribution is 5.19. The summed E-state index contributed by atoms with van der Waals surface area (Å²) in [6.45, 7) is 1.73. The van der Waals surface area contributed by atoms with Crippen LogP contribution < -0.4 is 5.56 Å². The standard InChI is InChI=1S/C9H13N3O/c1-11-4-3-8-7(5-11)9(13)12(2)6-10-8/h6H,3-5H2,1-2H3. The Morgan fingerprint density at radius 3 is 3.00 bits per heavy atom. The Bertz CT molecular complexity index is 383. The topological polar surface area (TPSA) is 38.1 Å². The van der Waals surface area contributed by atoms with Gasteiger partial charge in [-0.05, 0) is 7.05 Å². The second-order valence-corrected chi connectivity index (χ2v) is 3.57. The molecule has 4 nitrogen and oxygen atoms in total. The minimum atomic E-state index is 0.0940. The smallest absolute Gasteiger partial charge is 0.257 e. The first-order valence-electron chi connectivity index (χ1n) is 4.40. The lowest BCUT2D eigenvalue weighted by Gasteiger charge is -2.23. The zero-order valence-corrected chi connectivity index (χ0v) is 7.95. The minimum Gasteiger partial charge on any atom is -0.302 e. The number of hydrogen-bond donors (Lipinski definition) is 0. The fourth-order valence-corrected chi connectivity index (χ4v) is 1.64. The van der Waals surface area contributed by atoms with Crippen LogP contribution in [0.1, 0.15) is 11.3 Å². The van der Waals surface area contributed by atoms with Gasteiger partial charge in [-0.25, -0.2) is 4.98 Å². The third-order valence-electron chi connectivity index (χ3n) is 2.47. The summed E-state index contributed by atoms with van der Waals surface area (Å²) in [6.07, 6.45) is 2.49. The zero-order chi connectivity index (χ0) is 9.42. The molecule has 0 aromatic carbocycles. The van der Waals surface area contributed by atoms with Crippen molar-refractivity contribution < 1.29 is 0 Å².